The van der Waals surface area contributed by atoms with E-state index in [2.05, 4.69) is 29.0 Å². The molecule has 0 fully saturated rings. The molecule has 3 rings (SSSR count). The maximum atomic E-state index is 5.68. The summed E-state index contributed by atoms with van der Waals surface area (Å²) in [5.41, 5.74) is 3.88. The molecule has 0 unspecified atom stereocenters. The molecular weight excluding hydrogens is 212 g/mol. The van der Waals surface area contributed by atoms with Gasteiger partial charge in [0.1, 0.15) is 5.52 Å². The Morgan fingerprint density at radius 3 is 2.65 bits per heavy atom. The minimum absolute atomic E-state index is 0.649. The minimum atomic E-state index is 0.649. The van der Waals surface area contributed by atoms with Gasteiger partial charge in [-0.2, -0.15) is 0 Å². The summed E-state index contributed by atoms with van der Waals surface area (Å²) >= 11 is 0. The number of aryl methyl sites for hydroxylation is 1. The molecule has 0 aliphatic carbocycles. The first-order chi connectivity index (χ1) is 8.36. The fourth-order valence-corrected chi connectivity index (χ4v) is 1.79. The number of nitrogens with zero attached hydrogens (tertiary/aromatic N) is 2. The van der Waals surface area contributed by atoms with Crippen LogP contribution in [0.5, 0.6) is 0 Å². The summed E-state index contributed by atoms with van der Waals surface area (Å²) in [5.74, 6) is 0.649. The number of pyridine rings is 1. The van der Waals surface area contributed by atoms with Crippen molar-refractivity contribution in [2.24, 2.45) is 0 Å². The Hall–Kier alpha value is -2.16. The van der Waals surface area contributed by atoms with E-state index in [1.807, 2.05) is 18.2 Å². The largest absolute Gasteiger partial charge is 0.436 e. The number of oxazole rings is 1. The summed E-state index contributed by atoms with van der Waals surface area (Å²) in [6.07, 6.45) is 4.46. The molecule has 0 spiro atoms. The zero-order valence-corrected chi connectivity index (χ0v) is 9.55. The second-order valence-electron chi connectivity index (χ2n) is 3.91. The van der Waals surface area contributed by atoms with Gasteiger partial charge in [0.05, 0.1) is 6.20 Å². The Kier molecular flexibility index (Phi) is 2.37. The Morgan fingerprint density at radius 2 is 1.94 bits per heavy atom. The van der Waals surface area contributed by atoms with Crippen LogP contribution in [0.1, 0.15) is 12.5 Å². The van der Waals surface area contributed by atoms with E-state index in [4.69, 9.17) is 4.42 Å². The number of aromatic nitrogens is 2. The van der Waals surface area contributed by atoms with Gasteiger partial charge in [0.25, 0.3) is 0 Å². The van der Waals surface area contributed by atoms with Gasteiger partial charge in [0.15, 0.2) is 5.58 Å². The molecule has 0 amide bonds. The monoisotopic (exact) mass is 224 g/mol. The van der Waals surface area contributed by atoms with Gasteiger partial charge < -0.3 is 4.42 Å². The molecule has 1 aromatic carbocycles. The van der Waals surface area contributed by atoms with Crippen molar-refractivity contribution in [1.82, 2.24) is 9.97 Å². The molecule has 0 bridgehead atoms. The van der Waals surface area contributed by atoms with Gasteiger partial charge in [-0.05, 0) is 24.1 Å². The lowest BCUT2D eigenvalue weighted by Crippen LogP contribution is -1.81. The van der Waals surface area contributed by atoms with E-state index in [0.29, 0.717) is 5.89 Å². The third-order valence-electron chi connectivity index (χ3n) is 2.80. The minimum Gasteiger partial charge on any atom is -0.436 e. The van der Waals surface area contributed by atoms with Gasteiger partial charge in [0, 0.05) is 17.8 Å². The highest BCUT2D eigenvalue weighted by Crippen LogP contribution is 2.23. The topological polar surface area (TPSA) is 38.9 Å². The molecule has 0 aliphatic heterocycles. The molecule has 0 N–H and O–H groups in total. The van der Waals surface area contributed by atoms with E-state index in [1.165, 1.54) is 5.56 Å². The maximum Gasteiger partial charge on any atom is 0.227 e. The third-order valence-corrected chi connectivity index (χ3v) is 2.80. The zero-order chi connectivity index (χ0) is 11.7. The highest BCUT2D eigenvalue weighted by Gasteiger charge is 2.07. The van der Waals surface area contributed by atoms with Crippen LogP contribution in [0.25, 0.3) is 22.6 Å². The lowest BCUT2D eigenvalue weighted by molar-refractivity contribution is 0.619. The predicted octanol–water partition coefficient (Wildman–Crippen LogP) is 3.45. The summed E-state index contributed by atoms with van der Waals surface area (Å²) < 4.78 is 5.68. The van der Waals surface area contributed by atoms with Crippen molar-refractivity contribution in [3.63, 3.8) is 0 Å². The zero-order valence-electron chi connectivity index (χ0n) is 9.55. The summed E-state index contributed by atoms with van der Waals surface area (Å²) in [7, 11) is 0. The maximum absolute atomic E-state index is 5.68. The van der Waals surface area contributed by atoms with Crippen molar-refractivity contribution in [2.75, 3.05) is 0 Å². The second-order valence-corrected chi connectivity index (χ2v) is 3.91. The fraction of sp³-hybridized carbons (Fsp3) is 0.143. The SMILES string of the molecule is CCc1ccc(-c2nc3cnccc3o2)cc1. The van der Waals surface area contributed by atoms with Gasteiger partial charge >= 0.3 is 0 Å². The second kappa shape index (κ2) is 4.01. The first-order valence-electron chi connectivity index (χ1n) is 5.66. The van der Waals surface area contributed by atoms with Gasteiger partial charge in [-0.1, -0.05) is 19.1 Å². The van der Waals surface area contributed by atoms with Crippen LogP contribution in [0.3, 0.4) is 0 Å². The van der Waals surface area contributed by atoms with Gasteiger partial charge in [0.2, 0.25) is 5.89 Å². The van der Waals surface area contributed by atoms with Crippen LogP contribution < -0.4 is 0 Å². The molecule has 3 heteroatoms. The highest BCUT2D eigenvalue weighted by molar-refractivity contribution is 5.74. The fourth-order valence-electron chi connectivity index (χ4n) is 1.79. The van der Waals surface area contributed by atoms with Crippen molar-refractivity contribution in [1.29, 1.82) is 0 Å². The number of fused-ring (bicyclic) bond motifs is 1. The summed E-state index contributed by atoms with van der Waals surface area (Å²) in [4.78, 5) is 8.43. The summed E-state index contributed by atoms with van der Waals surface area (Å²) in [6, 6.07) is 10.1. The average molecular weight is 224 g/mol. The van der Waals surface area contributed by atoms with Crippen molar-refractivity contribution in [3.05, 3.63) is 48.3 Å². The van der Waals surface area contributed by atoms with Crippen LogP contribution in [0.4, 0.5) is 0 Å². The van der Waals surface area contributed by atoms with Crippen LogP contribution in [-0.4, -0.2) is 9.97 Å². The molecular formula is C14H12N2O. The lowest BCUT2D eigenvalue weighted by atomic mass is 10.1. The molecule has 0 saturated carbocycles. The van der Waals surface area contributed by atoms with Gasteiger partial charge in [-0.15, -0.1) is 0 Å². The van der Waals surface area contributed by atoms with E-state index in [9.17, 15) is 0 Å². The van der Waals surface area contributed by atoms with Crippen molar-refractivity contribution in [3.8, 4) is 11.5 Å². The molecule has 2 aromatic heterocycles. The van der Waals surface area contributed by atoms with Crippen LogP contribution in [0.2, 0.25) is 0 Å². The molecule has 3 nitrogen and oxygen atoms in total. The van der Waals surface area contributed by atoms with Crippen molar-refractivity contribution >= 4 is 11.1 Å². The molecule has 3 aromatic rings. The molecule has 2 heterocycles. The average Bonchev–Trinajstić information content (AvgIpc) is 2.82. The van der Waals surface area contributed by atoms with E-state index in [1.54, 1.807) is 12.4 Å². The molecule has 0 saturated heterocycles. The predicted molar refractivity (Wildman–Crippen MR) is 66.6 cm³/mol. The first-order valence-corrected chi connectivity index (χ1v) is 5.66. The molecule has 0 atom stereocenters. The Morgan fingerprint density at radius 1 is 1.12 bits per heavy atom. The van der Waals surface area contributed by atoms with Crippen LogP contribution in [0.15, 0.2) is 47.1 Å². The molecule has 84 valence electrons. The van der Waals surface area contributed by atoms with Crippen LogP contribution >= 0.6 is 0 Å². The van der Waals surface area contributed by atoms with E-state index < -0.39 is 0 Å². The Labute approximate surface area is 99.1 Å². The van der Waals surface area contributed by atoms with Gasteiger partial charge in [-0.3, -0.25) is 4.98 Å². The third kappa shape index (κ3) is 1.80. The summed E-state index contributed by atoms with van der Waals surface area (Å²) in [5, 5.41) is 0. The Balaban J connectivity index is 2.07. The van der Waals surface area contributed by atoms with Gasteiger partial charge in [-0.25, -0.2) is 4.98 Å². The quantitative estimate of drug-likeness (QED) is 0.669. The standard InChI is InChI=1S/C14H12N2O/c1-2-10-3-5-11(6-4-10)14-16-12-9-15-8-7-13(12)17-14/h3-9H,2H2,1H3. The summed E-state index contributed by atoms with van der Waals surface area (Å²) in [6.45, 7) is 2.14. The normalized spacial score (nSPS) is 10.9. The van der Waals surface area contributed by atoms with Crippen molar-refractivity contribution < 1.29 is 4.42 Å². The molecule has 17 heavy (non-hydrogen) atoms. The van der Waals surface area contributed by atoms with E-state index in [-0.39, 0.29) is 0 Å². The number of rotatable bonds is 2. The van der Waals surface area contributed by atoms with Crippen molar-refractivity contribution in [2.45, 2.75) is 13.3 Å². The van der Waals surface area contributed by atoms with E-state index >= 15 is 0 Å². The molecule has 0 aliphatic rings. The lowest BCUT2D eigenvalue weighted by Gasteiger charge is -1.97. The van der Waals surface area contributed by atoms with Crippen LogP contribution in [0, 0.1) is 0 Å². The Bertz CT molecular complexity index is 608. The van der Waals surface area contributed by atoms with E-state index in [0.717, 1.165) is 23.1 Å². The highest BCUT2D eigenvalue weighted by atomic mass is 16.3. The first kappa shape index (κ1) is 10.0. The number of hydrogen-bond donors (Lipinski definition) is 0. The smallest absolute Gasteiger partial charge is 0.227 e. The molecule has 0 radical (unpaired) electrons. The number of hydrogen-bond acceptors (Lipinski definition) is 3. The van der Waals surface area contributed by atoms with Crippen LogP contribution in [-0.2, 0) is 6.42 Å². The number of benzene rings is 1.